The van der Waals surface area contributed by atoms with Crippen molar-refractivity contribution in [1.82, 2.24) is 14.5 Å². The number of nitrogens with zero attached hydrogens (tertiary/aromatic N) is 4. The van der Waals surface area contributed by atoms with Crippen LogP contribution in [0.5, 0.6) is 0 Å². The minimum Gasteiger partial charge on any atom is -0.441 e. The van der Waals surface area contributed by atoms with Crippen LogP contribution in [0.2, 0.25) is 0 Å². The molecule has 2 heterocycles. The van der Waals surface area contributed by atoms with Gasteiger partial charge in [-0.2, -0.15) is 0 Å². The van der Waals surface area contributed by atoms with Crippen LogP contribution in [-0.2, 0) is 18.3 Å². The van der Waals surface area contributed by atoms with Crippen molar-refractivity contribution in [2.24, 2.45) is 7.05 Å². The molecule has 8 nitrogen and oxygen atoms in total. The Balaban J connectivity index is 2.54. The van der Waals surface area contributed by atoms with E-state index in [1.807, 2.05) is 0 Å². The van der Waals surface area contributed by atoms with Gasteiger partial charge in [0.15, 0.2) is 4.86 Å². The largest absolute Gasteiger partial charge is 0.441 e. The summed E-state index contributed by atoms with van der Waals surface area (Å²) in [7, 11) is 1.45. The predicted octanol–water partition coefficient (Wildman–Crippen LogP) is 0.407. The van der Waals surface area contributed by atoms with E-state index in [1.54, 1.807) is 6.92 Å². The number of aromatic nitrogens is 3. The highest BCUT2D eigenvalue weighted by molar-refractivity contribution is 7.67. The van der Waals surface area contributed by atoms with E-state index in [4.69, 9.17) is 4.42 Å². The number of nitro groups is 1. The minimum absolute atomic E-state index is 0.107. The zero-order valence-electron chi connectivity index (χ0n) is 9.48. The topological polar surface area (TPSA) is 104 Å². The van der Waals surface area contributed by atoms with E-state index >= 15 is 0 Å². The molecule has 0 aliphatic heterocycles. The highest BCUT2D eigenvalue weighted by Gasteiger charge is 2.25. The van der Waals surface area contributed by atoms with Crippen LogP contribution >= 0.6 is 0 Å². The number of hydrogen-bond acceptors (Lipinski definition) is 6. The highest BCUT2D eigenvalue weighted by Crippen LogP contribution is 2.15. The summed E-state index contributed by atoms with van der Waals surface area (Å²) in [6.07, 6.45) is 2.55. The molecule has 0 spiro atoms. The van der Waals surface area contributed by atoms with Crippen molar-refractivity contribution in [2.75, 3.05) is 0 Å². The zero-order valence-corrected chi connectivity index (χ0v) is 10.3. The lowest BCUT2D eigenvalue weighted by atomic mass is 10.4. The molecule has 0 aliphatic rings. The lowest BCUT2D eigenvalue weighted by Gasteiger charge is -1.97. The molecule has 2 aromatic heterocycles. The molecule has 0 aliphatic carbocycles. The molecule has 18 heavy (non-hydrogen) atoms. The van der Waals surface area contributed by atoms with Gasteiger partial charge in [-0.1, -0.05) is 0 Å². The first-order valence-electron chi connectivity index (χ1n) is 4.80. The Morgan fingerprint density at radius 1 is 1.50 bits per heavy atom. The van der Waals surface area contributed by atoms with Crippen molar-refractivity contribution in [3.63, 3.8) is 0 Å². The summed E-state index contributed by atoms with van der Waals surface area (Å²) < 4.78 is 17.6. The maximum atomic E-state index is 11.1. The predicted molar refractivity (Wildman–Crippen MR) is 62.5 cm³/mol. The molecule has 0 unspecified atom stereocenters. The van der Waals surface area contributed by atoms with Crippen molar-refractivity contribution in [3.05, 3.63) is 40.0 Å². The summed E-state index contributed by atoms with van der Waals surface area (Å²) in [5.41, 5.74) is 0. The third kappa shape index (κ3) is 1.95. The smallest absolute Gasteiger partial charge is 0.342 e. The normalized spacial score (nSPS) is 10.3. The summed E-state index contributed by atoms with van der Waals surface area (Å²) in [5.74, 6) is 0.597. The molecule has 0 saturated heterocycles. The first-order chi connectivity index (χ1) is 8.54. The molecule has 0 N–H and O–H groups in total. The maximum Gasteiger partial charge on any atom is 0.342 e. The molecule has 0 fully saturated rings. The SMILES string of the molecule is Cc1cnc(C(=S=O)c2ncc([N+](=O)[O-])n2C)o1. The van der Waals surface area contributed by atoms with Crippen LogP contribution in [0.25, 0.3) is 0 Å². The van der Waals surface area contributed by atoms with Gasteiger partial charge in [-0.25, -0.2) is 18.7 Å². The van der Waals surface area contributed by atoms with Gasteiger partial charge in [0.2, 0.25) is 11.7 Å². The average Bonchev–Trinajstić information content (AvgIpc) is 2.88. The highest BCUT2D eigenvalue weighted by atomic mass is 32.1. The van der Waals surface area contributed by atoms with Gasteiger partial charge >= 0.3 is 5.82 Å². The van der Waals surface area contributed by atoms with Gasteiger partial charge in [-0.3, -0.25) is 0 Å². The standard InChI is InChI=1S/C9H8N4O4S/c1-5-3-11-9(17-5)7(18-16)8-10-4-6(12(8)2)13(14)15/h3-4H,1-2H3. The number of hydrogen-bond donors (Lipinski definition) is 0. The fraction of sp³-hybridized carbons (Fsp3) is 0.222. The van der Waals surface area contributed by atoms with Gasteiger partial charge in [0.05, 0.1) is 13.2 Å². The second-order valence-corrected chi connectivity index (χ2v) is 4.02. The Hall–Kier alpha value is -2.29. The minimum atomic E-state index is -0.579. The van der Waals surface area contributed by atoms with Crippen LogP contribution in [-0.4, -0.2) is 28.5 Å². The van der Waals surface area contributed by atoms with Crippen molar-refractivity contribution in [3.8, 4) is 0 Å². The van der Waals surface area contributed by atoms with Gasteiger partial charge in [-0.05, 0) is 11.8 Å². The number of aryl methyl sites for hydroxylation is 1. The summed E-state index contributed by atoms with van der Waals surface area (Å²) in [6.45, 7) is 1.68. The number of oxazole rings is 1. The Morgan fingerprint density at radius 2 is 2.22 bits per heavy atom. The fourth-order valence-corrected chi connectivity index (χ4v) is 1.84. The summed E-state index contributed by atoms with van der Waals surface area (Å²) in [6, 6.07) is 0. The Labute approximate surface area is 104 Å². The number of imidazole rings is 1. The second-order valence-electron chi connectivity index (χ2n) is 3.44. The van der Waals surface area contributed by atoms with Crippen LogP contribution in [0.4, 0.5) is 5.82 Å². The van der Waals surface area contributed by atoms with Crippen molar-refractivity contribution < 1.29 is 13.5 Å². The molecule has 2 aromatic rings. The van der Waals surface area contributed by atoms with E-state index in [0.29, 0.717) is 5.76 Å². The molecule has 0 atom stereocenters. The average molecular weight is 268 g/mol. The molecule has 0 saturated carbocycles. The van der Waals surface area contributed by atoms with E-state index < -0.39 is 4.92 Å². The van der Waals surface area contributed by atoms with Crippen LogP contribution in [0.1, 0.15) is 17.5 Å². The molecule has 0 aromatic carbocycles. The number of rotatable bonds is 3. The molecule has 0 bridgehead atoms. The first-order valence-corrected chi connectivity index (χ1v) is 5.54. The zero-order chi connectivity index (χ0) is 13.3. The van der Waals surface area contributed by atoms with Crippen LogP contribution in [0.15, 0.2) is 16.8 Å². The summed E-state index contributed by atoms with van der Waals surface area (Å²) in [5, 5.41) is 10.7. The van der Waals surface area contributed by atoms with Gasteiger partial charge < -0.3 is 14.5 Å². The van der Waals surface area contributed by atoms with Gasteiger partial charge in [0.25, 0.3) is 0 Å². The van der Waals surface area contributed by atoms with Crippen LogP contribution < -0.4 is 0 Å². The van der Waals surface area contributed by atoms with Gasteiger partial charge in [0.1, 0.15) is 23.2 Å². The molecule has 0 amide bonds. The van der Waals surface area contributed by atoms with E-state index in [2.05, 4.69) is 9.97 Å². The van der Waals surface area contributed by atoms with E-state index in [-0.39, 0.29) is 33.7 Å². The Kier molecular flexibility index (Phi) is 3.06. The molecule has 9 heteroatoms. The lowest BCUT2D eigenvalue weighted by Crippen LogP contribution is -2.11. The van der Waals surface area contributed by atoms with Crippen molar-refractivity contribution in [1.29, 1.82) is 0 Å². The summed E-state index contributed by atoms with van der Waals surface area (Å²) in [4.78, 5) is 18.0. The third-order valence-electron chi connectivity index (χ3n) is 2.25. The van der Waals surface area contributed by atoms with E-state index in [1.165, 1.54) is 17.8 Å². The molecule has 94 valence electrons. The molecular weight excluding hydrogens is 260 g/mol. The van der Waals surface area contributed by atoms with Crippen LogP contribution in [0, 0.1) is 17.0 Å². The monoisotopic (exact) mass is 268 g/mol. The first kappa shape index (κ1) is 12.2. The summed E-state index contributed by atoms with van der Waals surface area (Å²) >= 11 is 0.133. The lowest BCUT2D eigenvalue weighted by molar-refractivity contribution is -0.391. The van der Waals surface area contributed by atoms with E-state index in [0.717, 1.165) is 6.20 Å². The van der Waals surface area contributed by atoms with Crippen LogP contribution in [0.3, 0.4) is 0 Å². The van der Waals surface area contributed by atoms with E-state index in [9.17, 15) is 14.3 Å². The second kappa shape index (κ2) is 4.53. The molecular formula is C9H8N4O4S. The van der Waals surface area contributed by atoms with Gasteiger partial charge in [-0.15, -0.1) is 0 Å². The fourth-order valence-electron chi connectivity index (χ4n) is 1.41. The van der Waals surface area contributed by atoms with Gasteiger partial charge in [0, 0.05) is 0 Å². The Bertz CT molecular complexity index is 668. The van der Waals surface area contributed by atoms with Crippen molar-refractivity contribution in [2.45, 2.75) is 6.92 Å². The maximum absolute atomic E-state index is 11.1. The Morgan fingerprint density at radius 3 is 2.67 bits per heavy atom. The molecule has 0 radical (unpaired) electrons. The third-order valence-corrected chi connectivity index (χ3v) is 2.78. The quantitative estimate of drug-likeness (QED) is 0.345. The molecule has 2 rings (SSSR count). The van der Waals surface area contributed by atoms with Crippen molar-refractivity contribution >= 4 is 21.9 Å².